The van der Waals surface area contributed by atoms with Gasteiger partial charge in [-0.1, -0.05) is 20.3 Å². The molecule has 2 aromatic rings. The number of imidazole rings is 1. The van der Waals surface area contributed by atoms with Crippen LogP contribution in [0.2, 0.25) is 0 Å². The molecule has 0 atom stereocenters. The molecule has 3 heterocycles. The molecule has 1 aliphatic heterocycles. The SMILES string of the molecule is C.Nc1cnc(C2CCCC2)nc1-n1cc(C2(O)CCNCC2)nc1C(F)(F)F. The molecule has 0 bridgehead atoms. The Balaban J connectivity index is 0.00000240. The van der Waals surface area contributed by atoms with Crippen molar-refractivity contribution < 1.29 is 18.3 Å². The van der Waals surface area contributed by atoms with Gasteiger partial charge in [-0.25, -0.2) is 15.0 Å². The van der Waals surface area contributed by atoms with Gasteiger partial charge in [-0.05, 0) is 38.8 Å². The van der Waals surface area contributed by atoms with Crippen LogP contribution in [0.1, 0.15) is 69.2 Å². The maximum Gasteiger partial charge on any atom is 0.450 e. The predicted molar refractivity (Wildman–Crippen MR) is 103 cm³/mol. The fraction of sp³-hybridized carbons (Fsp3) is 0.632. The quantitative estimate of drug-likeness (QED) is 0.716. The van der Waals surface area contributed by atoms with Gasteiger partial charge in [0, 0.05) is 12.1 Å². The van der Waals surface area contributed by atoms with Crippen LogP contribution in [0.25, 0.3) is 5.82 Å². The Morgan fingerprint density at radius 1 is 1.17 bits per heavy atom. The third kappa shape index (κ3) is 4.09. The van der Waals surface area contributed by atoms with E-state index in [4.69, 9.17) is 5.73 Å². The van der Waals surface area contributed by atoms with Crippen LogP contribution in [-0.4, -0.2) is 37.7 Å². The van der Waals surface area contributed by atoms with Crippen molar-refractivity contribution in [3.63, 3.8) is 0 Å². The minimum atomic E-state index is -4.72. The number of alkyl halides is 3. The zero-order valence-electron chi connectivity index (χ0n) is 15.3. The largest absolute Gasteiger partial charge is 0.450 e. The van der Waals surface area contributed by atoms with Gasteiger partial charge in [0.05, 0.1) is 17.6 Å². The average Bonchev–Trinajstić information content (AvgIpc) is 3.33. The van der Waals surface area contributed by atoms with Crippen LogP contribution >= 0.6 is 0 Å². The first-order valence-corrected chi connectivity index (χ1v) is 9.51. The number of aliphatic hydroxyl groups is 1. The molecule has 10 heteroatoms. The number of hydrogen-bond donors (Lipinski definition) is 3. The van der Waals surface area contributed by atoms with Crippen LogP contribution in [0.4, 0.5) is 18.9 Å². The molecule has 0 amide bonds. The zero-order chi connectivity index (χ0) is 19.9. The van der Waals surface area contributed by atoms with Crippen molar-refractivity contribution in [2.24, 2.45) is 0 Å². The van der Waals surface area contributed by atoms with Gasteiger partial charge < -0.3 is 16.2 Å². The summed E-state index contributed by atoms with van der Waals surface area (Å²) in [6, 6.07) is 0. The van der Waals surface area contributed by atoms with Gasteiger partial charge >= 0.3 is 6.18 Å². The van der Waals surface area contributed by atoms with E-state index < -0.39 is 17.6 Å². The second-order valence-corrected chi connectivity index (χ2v) is 7.59. The molecule has 2 aliphatic rings. The van der Waals surface area contributed by atoms with Gasteiger partial charge in [0.2, 0.25) is 5.82 Å². The third-order valence-electron chi connectivity index (χ3n) is 5.63. The summed E-state index contributed by atoms with van der Waals surface area (Å²) in [6.45, 7) is 1.01. The van der Waals surface area contributed by atoms with E-state index in [0.717, 1.165) is 30.3 Å². The second kappa shape index (κ2) is 7.91. The first-order valence-electron chi connectivity index (χ1n) is 9.51. The number of nitrogens with zero attached hydrogens (tertiary/aromatic N) is 4. The lowest BCUT2D eigenvalue weighted by molar-refractivity contribution is -0.146. The molecular weight excluding hydrogens is 385 g/mol. The van der Waals surface area contributed by atoms with E-state index >= 15 is 0 Å². The minimum absolute atomic E-state index is 0. The Morgan fingerprint density at radius 2 is 1.83 bits per heavy atom. The zero-order valence-corrected chi connectivity index (χ0v) is 15.3. The highest BCUT2D eigenvalue weighted by Crippen LogP contribution is 2.37. The Hall–Kier alpha value is -2.20. The molecule has 1 aliphatic carbocycles. The smallest absolute Gasteiger partial charge is 0.394 e. The fourth-order valence-corrected chi connectivity index (χ4v) is 4.03. The number of nitrogens with two attached hydrogens (primary N) is 1. The molecule has 4 N–H and O–H groups in total. The van der Waals surface area contributed by atoms with E-state index in [-0.39, 0.29) is 43.4 Å². The molecule has 0 radical (unpaired) electrons. The second-order valence-electron chi connectivity index (χ2n) is 7.59. The van der Waals surface area contributed by atoms with Gasteiger partial charge in [-0.15, -0.1) is 0 Å². The van der Waals surface area contributed by atoms with Gasteiger partial charge in [0.25, 0.3) is 0 Å². The number of nitrogen functional groups attached to an aromatic ring is 1. The normalized spacial score (nSPS) is 19.9. The standard InChI is InChI=1S/C18H23F3N6O.CH4/c19-18(20,21)16-25-13(17(28)5-7-23-8-6-17)10-27(16)15-12(22)9-24-14(26-15)11-3-1-2-4-11;/h9-11,23,28H,1-8,22H2;1H4. The molecule has 1 saturated carbocycles. The molecule has 0 spiro atoms. The monoisotopic (exact) mass is 412 g/mol. The molecule has 4 rings (SSSR count). The van der Waals surface area contributed by atoms with E-state index in [2.05, 4.69) is 20.3 Å². The number of anilines is 1. The lowest BCUT2D eigenvalue weighted by atomic mass is 9.89. The summed E-state index contributed by atoms with van der Waals surface area (Å²) in [7, 11) is 0. The number of nitrogens with one attached hydrogen (secondary N) is 1. The Labute approximate surface area is 167 Å². The van der Waals surface area contributed by atoms with Crippen molar-refractivity contribution >= 4 is 5.69 Å². The Bertz CT molecular complexity index is 854. The summed E-state index contributed by atoms with van der Waals surface area (Å²) in [5.41, 5.74) is 4.55. The highest BCUT2D eigenvalue weighted by molar-refractivity contribution is 5.52. The summed E-state index contributed by atoms with van der Waals surface area (Å²) < 4.78 is 42.0. The molecular formula is C19H27F3N6O. The van der Waals surface area contributed by atoms with Crippen LogP contribution in [0, 0.1) is 0 Å². The summed E-state index contributed by atoms with van der Waals surface area (Å²) >= 11 is 0. The number of piperidine rings is 1. The number of aromatic nitrogens is 4. The van der Waals surface area contributed by atoms with Crippen LogP contribution in [0.15, 0.2) is 12.4 Å². The van der Waals surface area contributed by atoms with E-state index in [0.29, 0.717) is 18.9 Å². The topological polar surface area (TPSA) is 102 Å². The molecule has 0 unspecified atom stereocenters. The lowest BCUT2D eigenvalue weighted by Crippen LogP contribution is -2.40. The van der Waals surface area contributed by atoms with Gasteiger partial charge in [0.15, 0.2) is 5.82 Å². The maximum absolute atomic E-state index is 13.7. The molecule has 160 valence electrons. The van der Waals surface area contributed by atoms with Gasteiger partial charge in [-0.2, -0.15) is 13.2 Å². The molecule has 2 aromatic heterocycles. The maximum atomic E-state index is 13.7. The van der Waals surface area contributed by atoms with Crippen molar-refractivity contribution in [2.75, 3.05) is 18.8 Å². The van der Waals surface area contributed by atoms with Crippen LogP contribution in [0.3, 0.4) is 0 Å². The fourth-order valence-electron chi connectivity index (χ4n) is 4.03. The Morgan fingerprint density at radius 3 is 2.45 bits per heavy atom. The third-order valence-corrected chi connectivity index (χ3v) is 5.63. The summed E-state index contributed by atoms with van der Waals surface area (Å²) in [5, 5.41) is 13.9. The Kier molecular flexibility index (Phi) is 5.86. The van der Waals surface area contributed by atoms with Crippen molar-refractivity contribution in [2.45, 2.75) is 63.6 Å². The van der Waals surface area contributed by atoms with Crippen molar-refractivity contribution in [3.8, 4) is 5.82 Å². The van der Waals surface area contributed by atoms with Crippen LogP contribution < -0.4 is 11.1 Å². The minimum Gasteiger partial charge on any atom is -0.394 e. The average molecular weight is 412 g/mol. The first kappa shape index (κ1) is 21.5. The summed E-state index contributed by atoms with van der Waals surface area (Å²) in [6.07, 6.45) is 2.36. The van der Waals surface area contributed by atoms with Crippen molar-refractivity contribution in [1.82, 2.24) is 24.8 Å². The number of hydrogen-bond acceptors (Lipinski definition) is 6. The number of rotatable bonds is 3. The van der Waals surface area contributed by atoms with E-state index in [1.54, 1.807) is 0 Å². The molecule has 29 heavy (non-hydrogen) atoms. The summed E-state index contributed by atoms with van der Waals surface area (Å²) in [4.78, 5) is 12.4. The number of halogens is 3. The van der Waals surface area contributed by atoms with Crippen molar-refractivity contribution in [3.05, 3.63) is 29.7 Å². The van der Waals surface area contributed by atoms with Crippen LogP contribution in [0.5, 0.6) is 0 Å². The molecule has 1 saturated heterocycles. The van der Waals surface area contributed by atoms with Crippen molar-refractivity contribution in [1.29, 1.82) is 0 Å². The van der Waals surface area contributed by atoms with Crippen LogP contribution in [-0.2, 0) is 11.8 Å². The van der Waals surface area contributed by atoms with E-state index in [1.165, 1.54) is 12.4 Å². The lowest BCUT2D eigenvalue weighted by Gasteiger charge is -2.30. The van der Waals surface area contributed by atoms with Gasteiger partial charge in [0.1, 0.15) is 11.4 Å². The highest BCUT2D eigenvalue weighted by Gasteiger charge is 2.42. The molecule has 7 nitrogen and oxygen atoms in total. The first-order chi connectivity index (χ1) is 13.3. The predicted octanol–water partition coefficient (Wildman–Crippen LogP) is 3.13. The van der Waals surface area contributed by atoms with E-state index in [9.17, 15) is 18.3 Å². The van der Waals surface area contributed by atoms with Gasteiger partial charge in [-0.3, -0.25) is 4.57 Å². The summed E-state index contributed by atoms with van der Waals surface area (Å²) in [5.74, 6) is -0.548. The molecule has 0 aromatic carbocycles. The highest BCUT2D eigenvalue weighted by atomic mass is 19.4. The van der Waals surface area contributed by atoms with E-state index in [1.807, 2.05) is 0 Å². The molecule has 2 fully saturated rings.